The lowest BCUT2D eigenvalue weighted by Gasteiger charge is -2.07. The van der Waals surface area contributed by atoms with Gasteiger partial charge in [-0.2, -0.15) is 0 Å². The lowest BCUT2D eigenvalue weighted by molar-refractivity contribution is 0.111. The number of benzene rings is 2. The summed E-state index contributed by atoms with van der Waals surface area (Å²) >= 11 is 0. The van der Waals surface area contributed by atoms with Gasteiger partial charge in [-0.15, -0.1) is 0 Å². The number of carbonyl (C=O) groups excluding carboxylic acids is 1. The lowest BCUT2D eigenvalue weighted by atomic mass is 10.0. The summed E-state index contributed by atoms with van der Waals surface area (Å²) < 4.78 is 0. The van der Waals surface area contributed by atoms with E-state index in [1.807, 2.05) is 30.3 Å². The fourth-order valence-electron chi connectivity index (χ4n) is 1.56. The first-order chi connectivity index (χ1) is 7.74. The van der Waals surface area contributed by atoms with E-state index in [2.05, 4.69) is 0 Å². The van der Waals surface area contributed by atoms with Crippen LogP contribution in [0.1, 0.15) is 10.4 Å². The first kappa shape index (κ1) is 10.2. The molecule has 3 nitrogen and oxygen atoms in total. The van der Waals surface area contributed by atoms with E-state index in [1.54, 1.807) is 6.07 Å². The molecule has 0 aliphatic rings. The van der Waals surface area contributed by atoms with Crippen LogP contribution in [0.4, 0.5) is 0 Å². The van der Waals surface area contributed by atoms with Crippen LogP contribution in [0.25, 0.3) is 11.1 Å². The van der Waals surface area contributed by atoms with E-state index in [1.165, 1.54) is 6.07 Å². The Morgan fingerprint density at radius 1 is 0.938 bits per heavy atom. The summed E-state index contributed by atoms with van der Waals surface area (Å²) in [5, 5.41) is 19.2. The molecule has 0 heterocycles. The van der Waals surface area contributed by atoms with Crippen molar-refractivity contribution in [3.05, 3.63) is 48.0 Å². The molecule has 2 N–H and O–H groups in total. The molecule has 0 aliphatic heterocycles. The predicted octanol–water partition coefficient (Wildman–Crippen LogP) is 2.58. The molecule has 0 fully saturated rings. The zero-order valence-electron chi connectivity index (χ0n) is 8.42. The maximum absolute atomic E-state index is 10.7. The molecular weight excluding hydrogens is 204 g/mol. The third-order valence-electron chi connectivity index (χ3n) is 2.40. The van der Waals surface area contributed by atoms with Gasteiger partial charge >= 0.3 is 0 Å². The maximum atomic E-state index is 10.7. The van der Waals surface area contributed by atoms with Crippen molar-refractivity contribution >= 4 is 6.29 Å². The van der Waals surface area contributed by atoms with E-state index in [0.29, 0.717) is 11.8 Å². The Morgan fingerprint density at radius 2 is 1.62 bits per heavy atom. The highest BCUT2D eigenvalue weighted by Gasteiger charge is 2.12. The maximum Gasteiger partial charge on any atom is 0.157 e. The second-order valence-corrected chi connectivity index (χ2v) is 3.38. The van der Waals surface area contributed by atoms with Crippen molar-refractivity contribution in [2.45, 2.75) is 0 Å². The normalized spacial score (nSPS) is 10.0. The topological polar surface area (TPSA) is 57.5 Å². The van der Waals surface area contributed by atoms with Gasteiger partial charge in [0.15, 0.2) is 6.29 Å². The Kier molecular flexibility index (Phi) is 2.60. The van der Waals surface area contributed by atoms with Gasteiger partial charge in [0.1, 0.15) is 11.5 Å². The molecule has 0 radical (unpaired) electrons. The molecule has 2 rings (SSSR count). The van der Waals surface area contributed by atoms with Crippen LogP contribution in [-0.2, 0) is 0 Å². The zero-order chi connectivity index (χ0) is 11.5. The van der Waals surface area contributed by atoms with Crippen LogP contribution >= 0.6 is 0 Å². The van der Waals surface area contributed by atoms with E-state index in [0.717, 1.165) is 5.56 Å². The molecule has 80 valence electrons. The third kappa shape index (κ3) is 1.63. The molecule has 0 bridgehead atoms. The minimum absolute atomic E-state index is 0.0821. The second kappa shape index (κ2) is 4.06. The molecule has 0 saturated heterocycles. The van der Waals surface area contributed by atoms with Crippen LogP contribution in [0, 0.1) is 0 Å². The van der Waals surface area contributed by atoms with Gasteiger partial charge < -0.3 is 10.2 Å². The Hall–Kier alpha value is -2.29. The molecule has 2 aromatic carbocycles. The largest absolute Gasteiger partial charge is 0.507 e. The van der Waals surface area contributed by atoms with Crippen LogP contribution < -0.4 is 0 Å². The van der Waals surface area contributed by atoms with Gasteiger partial charge in [-0.3, -0.25) is 4.79 Å². The van der Waals surface area contributed by atoms with Crippen LogP contribution in [0.5, 0.6) is 11.5 Å². The number of hydrogen-bond acceptors (Lipinski definition) is 3. The Morgan fingerprint density at radius 3 is 2.25 bits per heavy atom. The third-order valence-corrected chi connectivity index (χ3v) is 2.40. The lowest BCUT2D eigenvalue weighted by Crippen LogP contribution is -1.86. The number of carbonyl (C=O) groups is 1. The Bertz CT molecular complexity index is 518. The van der Waals surface area contributed by atoms with E-state index >= 15 is 0 Å². The molecule has 0 saturated carbocycles. The van der Waals surface area contributed by atoms with Crippen molar-refractivity contribution in [3.8, 4) is 22.6 Å². The molecule has 0 atom stereocenters. The summed E-state index contributed by atoms with van der Waals surface area (Å²) in [6.07, 6.45) is 0.442. The quantitative estimate of drug-likeness (QED) is 0.755. The second-order valence-electron chi connectivity index (χ2n) is 3.38. The monoisotopic (exact) mass is 214 g/mol. The summed E-state index contributed by atoms with van der Waals surface area (Å²) in [4.78, 5) is 10.7. The highest BCUT2D eigenvalue weighted by atomic mass is 16.3. The molecule has 0 spiro atoms. The molecule has 2 aromatic rings. The molecule has 0 aliphatic carbocycles. The molecule has 3 heteroatoms. The highest BCUT2D eigenvalue weighted by Crippen LogP contribution is 2.35. The molecule has 0 unspecified atom stereocenters. The van der Waals surface area contributed by atoms with Crippen molar-refractivity contribution in [1.29, 1.82) is 0 Å². The van der Waals surface area contributed by atoms with Gasteiger partial charge in [0.2, 0.25) is 0 Å². The van der Waals surface area contributed by atoms with Crippen LogP contribution in [0.3, 0.4) is 0 Å². The Balaban J connectivity index is 2.64. The van der Waals surface area contributed by atoms with E-state index in [4.69, 9.17) is 0 Å². The van der Waals surface area contributed by atoms with Gasteiger partial charge in [-0.1, -0.05) is 30.3 Å². The summed E-state index contributed by atoms with van der Waals surface area (Å²) in [5.41, 5.74) is 1.24. The van der Waals surface area contributed by atoms with Crippen molar-refractivity contribution in [3.63, 3.8) is 0 Å². The predicted molar refractivity (Wildman–Crippen MR) is 60.6 cm³/mol. The first-order valence-corrected chi connectivity index (χ1v) is 4.79. The van der Waals surface area contributed by atoms with Crippen molar-refractivity contribution in [2.24, 2.45) is 0 Å². The molecule has 0 aromatic heterocycles. The molecular formula is C13H10O3. The van der Waals surface area contributed by atoms with Crippen molar-refractivity contribution in [1.82, 2.24) is 0 Å². The summed E-state index contributed by atoms with van der Waals surface area (Å²) in [7, 11) is 0. The summed E-state index contributed by atoms with van der Waals surface area (Å²) in [6.45, 7) is 0. The minimum Gasteiger partial charge on any atom is -0.507 e. The Labute approximate surface area is 92.6 Å². The van der Waals surface area contributed by atoms with Crippen molar-refractivity contribution < 1.29 is 15.0 Å². The van der Waals surface area contributed by atoms with Crippen LogP contribution in [-0.4, -0.2) is 16.5 Å². The zero-order valence-corrected chi connectivity index (χ0v) is 8.42. The van der Waals surface area contributed by atoms with Crippen LogP contribution in [0.2, 0.25) is 0 Å². The van der Waals surface area contributed by atoms with Gasteiger partial charge in [-0.25, -0.2) is 0 Å². The average Bonchev–Trinajstić information content (AvgIpc) is 2.31. The van der Waals surface area contributed by atoms with E-state index in [9.17, 15) is 15.0 Å². The van der Waals surface area contributed by atoms with Crippen molar-refractivity contribution in [2.75, 3.05) is 0 Å². The van der Waals surface area contributed by atoms with Gasteiger partial charge in [-0.05, 0) is 17.7 Å². The number of aldehydes is 1. The first-order valence-electron chi connectivity index (χ1n) is 4.79. The standard InChI is InChI=1S/C13H10O3/c14-8-11-12(15)7-6-10(13(11)16)9-4-2-1-3-5-9/h1-8,15-16H. The van der Waals surface area contributed by atoms with Gasteiger partial charge in [0.05, 0.1) is 5.56 Å². The summed E-state index contributed by atoms with van der Waals surface area (Å²) in [6, 6.07) is 12.1. The molecule has 16 heavy (non-hydrogen) atoms. The van der Waals surface area contributed by atoms with Gasteiger partial charge in [0, 0.05) is 5.56 Å². The van der Waals surface area contributed by atoms with Crippen LogP contribution in [0.15, 0.2) is 42.5 Å². The number of hydrogen-bond donors (Lipinski definition) is 2. The highest BCUT2D eigenvalue weighted by molar-refractivity contribution is 5.89. The summed E-state index contributed by atoms with van der Waals surface area (Å²) in [5.74, 6) is -0.409. The number of rotatable bonds is 2. The van der Waals surface area contributed by atoms with Gasteiger partial charge in [0.25, 0.3) is 0 Å². The van der Waals surface area contributed by atoms with E-state index < -0.39 is 0 Å². The number of phenolic OH excluding ortho intramolecular Hbond substituents is 2. The SMILES string of the molecule is O=Cc1c(O)ccc(-c2ccccc2)c1O. The number of aromatic hydroxyl groups is 2. The van der Waals surface area contributed by atoms with E-state index in [-0.39, 0.29) is 17.1 Å². The fourth-order valence-corrected chi connectivity index (χ4v) is 1.56. The average molecular weight is 214 g/mol. The number of phenols is 2. The smallest absolute Gasteiger partial charge is 0.157 e. The minimum atomic E-state index is -0.216. The fraction of sp³-hybridized carbons (Fsp3) is 0. The molecule has 0 amide bonds.